The van der Waals surface area contributed by atoms with E-state index < -0.39 is 0 Å². The quantitative estimate of drug-likeness (QED) is 0.168. The highest BCUT2D eigenvalue weighted by Crippen LogP contribution is 2.45. The minimum Gasteiger partial charge on any atom is -0.309 e. The second-order valence-corrected chi connectivity index (χ2v) is 16.0. The van der Waals surface area contributed by atoms with Crippen molar-refractivity contribution in [2.45, 2.75) is 0 Å². The molecule has 0 saturated carbocycles. The Hall–Kier alpha value is -8.61. The Morgan fingerprint density at radius 1 is 0.270 bits per heavy atom. The summed E-state index contributed by atoms with van der Waals surface area (Å²) < 4.78 is 7.26. The summed E-state index contributed by atoms with van der Waals surface area (Å²) in [5.41, 5.74) is 12.8. The lowest BCUT2D eigenvalue weighted by molar-refractivity contribution is 1.08. The van der Waals surface area contributed by atoms with Gasteiger partial charge in [-0.3, -0.25) is 0 Å². The Morgan fingerprint density at radius 2 is 0.730 bits per heavy atom. The van der Waals surface area contributed by atoms with Gasteiger partial charge in [0.15, 0.2) is 17.5 Å². The summed E-state index contributed by atoms with van der Waals surface area (Å²) in [6, 6.07) is 77.3. The van der Waals surface area contributed by atoms with Crippen LogP contribution in [-0.2, 0) is 0 Å². The zero-order chi connectivity index (χ0) is 41.4. The zero-order valence-corrected chi connectivity index (χ0v) is 34.0. The molecule has 0 aliphatic carbocycles. The molecule has 0 fully saturated rings. The average Bonchev–Trinajstić information content (AvgIpc) is 4.00. The molecule has 0 amide bonds. The molecule has 0 saturated heterocycles. The van der Waals surface area contributed by atoms with Crippen molar-refractivity contribution in [1.82, 2.24) is 28.7 Å². The monoisotopic (exact) mass is 804 g/mol. The van der Waals surface area contributed by atoms with E-state index in [1.165, 1.54) is 27.1 Å². The van der Waals surface area contributed by atoms with E-state index in [9.17, 15) is 0 Å². The van der Waals surface area contributed by atoms with E-state index >= 15 is 0 Å². The third-order valence-electron chi connectivity index (χ3n) is 12.5. The van der Waals surface area contributed by atoms with Crippen LogP contribution >= 0.6 is 0 Å². The highest BCUT2D eigenvalue weighted by molar-refractivity contribution is 6.28. The molecule has 13 aromatic rings. The van der Waals surface area contributed by atoms with E-state index in [0.717, 1.165) is 72.1 Å². The van der Waals surface area contributed by atoms with E-state index in [4.69, 9.17) is 15.0 Å². The van der Waals surface area contributed by atoms with Crippen molar-refractivity contribution in [3.63, 3.8) is 0 Å². The molecule has 0 aliphatic rings. The summed E-state index contributed by atoms with van der Waals surface area (Å²) in [6.07, 6.45) is 0. The van der Waals surface area contributed by atoms with Gasteiger partial charge in [-0.1, -0.05) is 158 Å². The van der Waals surface area contributed by atoms with Crippen LogP contribution in [0.5, 0.6) is 0 Å². The predicted molar refractivity (Wildman–Crippen MR) is 259 cm³/mol. The molecular formula is C57H36N6. The number of para-hydroxylation sites is 4. The normalized spacial score (nSPS) is 11.8. The van der Waals surface area contributed by atoms with E-state index in [1.807, 2.05) is 36.4 Å². The first-order chi connectivity index (χ1) is 31.3. The van der Waals surface area contributed by atoms with Crippen LogP contribution < -0.4 is 0 Å². The highest BCUT2D eigenvalue weighted by Gasteiger charge is 2.25. The summed E-state index contributed by atoms with van der Waals surface area (Å²) in [6.45, 7) is 0. The third-order valence-corrected chi connectivity index (χ3v) is 12.5. The average molecular weight is 805 g/mol. The molecule has 0 N–H and O–H groups in total. The van der Waals surface area contributed by atoms with Gasteiger partial charge in [0, 0.05) is 66.1 Å². The fourth-order valence-electron chi connectivity index (χ4n) is 9.79. The van der Waals surface area contributed by atoms with Gasteiger partial charge in [-0.05, 0) is 60.7 Å². The highest BCUT2D eigenvalue weighted by atomic mass is 15.1. The Morgan fingerprint density at radius 3 is 1.38 bits per heavy atom. The summed E-state index contributed by atoms with van der Waals surface area (Å²) in [7, 11) is 0. The lowest BCUT2D eigenvalue weighted by Gasteiger charge is -2.12. The molecule has 0 atom stereocenters. The first kappa shape index (κ1) is 35.2. The van der Waals surface area contributed by atoms with Gasteiger partial charge in [0.25, 0.3) is 0 Å². The van der Waals surface area contributed by atoms with Gasteiger partial charge in [-0.2, -0.15) is 0 Å². The van der Waals surface area contributed by atoms with Crippen LogP contribution in [0.25, 0.3) is 117 Å². The Labute approximate surface area is 362 Å². The first-order valence-corrected chi connectivity index (χ1v) is 21.3. The first-order valence-electron chi connectivity index (χ1n) is 21.3. The summed E-state index contributed by atoms with van der Waals surface area (Å²) in [4.78, 5) is 15.7. The van der Waals surface area contributed by atoms with Crippen molar-refractivity contribution in [1.29, 1.82) is 0 Å². The Kier molecular flexibility index (Phi) is 7.80. The lowest BCUT2D eigenvalue weighted by Crippen LogP contribution is -2.00. The van der Waals surface area contributed by atoms with Gasteiger partial charge >= 0.3 is 0 Å². The maximum atomic E-state index is 5.31. The fourth-order valence-corrected chi connectivity index (χ4v) is 9.79. The van der Waals surface area contributed by atoms with Crippen LogP contribution in [0.2, 0.25) is 0 Å². The molecule has 4 aromatic heterocycles. The second kappa shape index (κ2) is 14.0. The van der Waals surface area contributed by atoms with Crippen molar-refractivity contribution >= 4 is 65.4 Å². The molecule has 4 heterocycles. The number of rotatable bonds is 6. The molecule has 6 nitrogen and oxygen atoms in total. The Bertz CT molecular complexity index is 3830. The topological polar surface area (TPSA) is 53.5 Å². The summed E-state index contributed by atoms with van der Waals surface area (Å²) >= 11 is 0. The number of fused-ring (bicyclic) bond motifs is 10. The SMILES string of the molecule is c1ccc(-c2nc(-c3ccccc3)nc(-c3cccc4c3c3c(ccc5c6ccccc6n(-c6ccccc6)c53)n4-c3ccc4c5ccccc5n(-c5ccccc5)c4c3)n2)cc1. The minimum atomic E-state index is 0.617. The maximum Gasteiger partial charge on any atom is 0.164 e. The zero-order valence-electron chi connectivity index (χ0n) is 34.0. The van der Waals surface area contributed by atoms with Crippen molar-refractivity contribution < 1.29 is 0 Å². The van der Waals surface area contributed by atoms with E-state index in [1.54, 1.807) is 0 Å². The summed E-state index contributed by atoms with van der Waals surface area (Å²) in [5, 5.41) is 7.01. The standard InChI is InChI=1S/C57H36N6/c1-5-18-37(19-6-1)55-58-56(38-20-7-2-8-21-38)60-57(59-55)46-28-17-31-49-52(46)53-50(35-34-45-43-27-14-16-30-48(43)63(54(45)53)40-24-11-4-12-25-40)62(49)41-32-33-44-42-26-13-15-29-47(42)61(51(44)36-41)39-22-9-3-10-23-39/h1-36H. The van der Waals surface area contributed by atoms with Crippen LogP contribution in [0, 0.1) is 0 Å². The van der Waals surface area contributed by atoms with E-state index in [0.29, 0.717) is 17.5 Å². The predicted octanol–water partition coefficient (Wildman–Crippen LogP) is 14.2. The number of hydrogen-bond acceptors (Lipinski definition) is 3. The van der Waals surface area contributed by atoms with Crippen molar-refractivity contribution in [2.75, 3.05) is 0 Å². The molecule has 294 valence electrons. The molecule has 13 rings (SSSR count). The second-order valence-electron chi connectivity index (χ2n) is 16.0. The van der Waals surface area contributed by atoms with Gasteiger partial charge in [-0.15, -0.1) is 0 Å². The number of benzene rings is 9. The molecule has 0 unspecified atom stereocenters. The Balaban J connectivity index is 1.19. The van der Waals surface area contributed by atoms with Crippen molar-refractivity contribution in [3.8, 4) is 51.2 Å². The van der Waals surface area contributed by atoms with Crippen molar-refractivity contribution in [3.05, 3.63) is 218 Å². The van der Waals surface area contributed by atoms with E-state index in [2.05, 4.69) is 196 Å². The van der Waals surface area contributed by atoms with Gasteiger partial charge in [-0.25, -0.2) is 15.0 Å². The van der Waals surface area contributed by atoms with Crippen LogP contribution in [0.3, 0.4) is 0 Å². The molecule has 0 aliphatic heterocycles. The number of aromatic nitrogens is 6. The number of hydrogen-bond donors (Lipinski definition) is 0. The smallest absolute Gasteiger partial charge is 0.164 e. The maximum absolute atomic E-state index is 5.31. The molecule has 63 heavy (non-hydrogen) atoms. The van der Waals surface area contributed by atoms with Gasteiger partial charge < -0.3 is 13.7 Å². The molecule has 9 aromatic carbocycles. The fraction of sp³-hybridized carbons (Fsp3) is 0. The van der Waals surface area contributed by atoms with Crippen molar-refractivity contribution in [2.24, 2.45) is 0 Å². The minimum absolute atomic E-state index is 0.617. The molecule has 0 radical (unpaired) electrons. The van der Waals surface area contributed by atoms with E-state index in [-0.39, 0.29) is 0 Å². The summed E-state index contributed by atoms with van der Waals surface area (Å²) in [5.74, 6) is 1.87. The van der Waals surface area contributed by atoms with Gasteiger partial charge in [0.1, 0.15) is 0 Å². The third kappa shape index (κ3) is 5.41. The largest absolute Gasteiger partial charge is 0.309 e. The van der Waals surface area contributed by atoms with Crippen LogP contribution in [-0.4, -0.2) is 28.7 Å². The van der Waals surface area contributed by atoms with Crippen LogP contribution in [0.15, 0.2) is 218 Å². The van der Waals surface area contributed by atoms with Crippen LogP contribution in [0.1, 0.15) is 0 Å². The lowest BCUT2D eigenvalue weighted by atomic mass is 10.0. The molecule has 0 spiro atoms. The van der Waals surface area contributed by atoms with Crippen LogP contribution in [0.4, 0.5) is 0 Å². The van der Waals surface area contributed by atoms with Gasteiger partial charge in [0.2, 0.25) is 0 Å². The molecular weight excluding hydrogens is 769 g/mol. The van der Waals surface area contributed by atoms with Gasteiger partial charge in [0.05, 0.1) is 33.1 Å². The molecule has 0 bridgehead atoms. The number of nitrogens with zero attached hydrogens (tertiary/aromatic N) is 6. The molecule has 6 heteroatoms.